The van der Waals surface area contributed by atoms with Crippen LogP contribution < -0.4 is 10.5 Å². The van der Waals surface area contributed by atoms with Crippen molar-refractivity contribution in [2.24, 2.45) is 11.7 Å². The van der Waals surface area contributed by atoms with Crippen molar-refractivity contribution in [2.75, 3.05) is 6.54 Å². The fourth-order valence-corrected chi connectivity index (χ4v) is 3.95. The molecule has 2 aromatic rings. The highest BCUT2D eigenvalue weighted by atomic mass is 16.6. The number of carbonyl (C=O) groups is 2. The van der Waals surface area contributed by atoms with Gasteiger partial charge in [0.15, 0.2) is 0 Å². The molecule has 166 valence electrons. The highest BCUT2D eigenvalue weighted by Crippen LogP contribution is 2.37. The number of primary amides is 1. The first kappa shape index (κ1) is 22.7. The van der Waals surface area contributed by atoms with E-state index in [2.05, 4.69) is 19.9 Å². The molecule has 0 spiro atoms. The first-order valence-electron chi connectivity index (χ1n) is 10.7. The third-order valence-corrected chi connectivity index (χ3v) is 5.27. The van der Waals surface area contributed by atoms with E-state index in [1.54, 1.807) is 18.2 Å². The van der Waals surface area contributed by atoms with Crippen molar-refractivity contribution in [2.45, 2.75) is 59.3 Å². The van der Waals surface area contributed by atoms with E-state index in [0.29, 0.717) is 18.7 Å². The van der Waals surface area contributed by atoms with Crippen LogP contribution in [0.25, 0.3) is 0 Å². The number of benzene rings is 2. The van der Waals surface area contributed by atoms with E-state index in [0.717, 1.165) is 23.3 Å². The van der Waals surface area contributed by atoms with Crippen LogP contribution >= 0.6 is 0 Å². The third kappa shape index (κ3) is 5.57. The van der Waals surface area contributed by atoms with Crippen molar-refractivity contribution in [3.63, 3.8) is 0 Å². The SMILES string of the molecule is CC(C)[C@H]1c2ccc(OCc3cccc(C(N)=O)c3)cc2CCN1C(=O)OC(C)(C)C. The molecule has 2 amide bonds. The van der Waals surface area contributed by atoms with Crippen LogP contribution in [0, 0.1) is 5.92 Å². The van der Waals surface area contributed by atoms with Crippen LogP contribution in [0.2, 0.25) is 0 Å². The maximum absolute atomic E-state index is 12.8. The van der Waals surface area contributed by atoms with Crippen LogP contribution in [-0.2, 0) is 17.8 Å². The lowest BCUT2D eigenvalue weighted by Crippen LogP contribution is -2.44. The smallest absolute Gasteiger partial charge is 0.410 e. The van der Waals surface area contributed by atoms with Crippen LogP contribution in [0.3, 0.4) is 0 Å². The molecule has 2 aromatic carbocycles. The van der Waals surface area contributed by atoms with Gasteiger partial charge in [-0.15, -0.1) is 0 Å². The fourth-order valence-electron chi connectivity index (χ4n) is 3.95. The van der Waals surface area contributed by atoms with Crippen LogP contribution in [-0.4, -0.2) is 29.0 Å². The van der Waals surface area contributed by atoms with Gasteiger partial charge in [-0.3, -0.25) is 4.79 Å². The van der Waals surface area contributed by atoms with Gasteiger partial charge in [-0.25, -0.2) is 4.79 Å². The summed E-state index contributed by atoms with van der Waals surface area (Å²) < 4.78 is 11.6. The molecular formula is C25H32N2O4. The Morgan fingerprint density at radius 2 is 1.90 bits per heavy atom. The molecule has 0 saturated carbocycles. The van der Waals surface area contributed by atoms with E-state index in [9.17, 15) is 9.59 Å². The molecule has 0 saturated heterocycles. The van der Waals surface area contributed by atoms with Gasteiger partial charge in [0, 0.05) is 12.1 Å². The summed E-state index contributed by atoms with van der Waals surface area (Å²) in [6.07, 6.45) is 0.470. The number of hydrogen-bond acceptors (Lipinski definition) is 4. The van der Waals surface area contributed by atoms with E-state index < -0.39 is 11.5 Å². The highest BCUT2D eigenvalue weighted by Gasteiger charge is 2.35. The molecule has 2 N–H and O–H groups in total. The summed E-state index contributed by atoms with van der Waals surface area (Å²) in [5.41, 5.74) is 8.49. The van der Waals surface area contributed by atoms with E-state index >= 15 is 0 Å². The van der Waals surface area contributed by atoms with Gasteiger partial charge in [0.05, 0.1) is 6.04 Å². The Morgan fingerprint density at radius 1 is 1.16 bits per heavy atom. The molecule has 1 aliphatic rings. The standard InChI is InChI=1S/C25H32N2O4/c1-16(2)22-21-10-9-20(30-15-17-7-6-8-19(13-17)23(26)28)14-18(21)11-12-27(22)24(29)31-25(3,4)5/h6-10,13-14,16,22H,11-12,15H2,1-5H3,(H2,26,28)/t22-/m0/s1. The number of rotatable bonds is 5. The van der Waals surface area contributed by atoms with Gasteiger partial charge in [0.25, 0.3) is 0 Å². The molecule has 0 fully saturated rings. The Balaban J connectivity index is 1.77. The summed E-state index contributed by atoms with van der Waals surface area (Å²) in [5.74, 6) is 0.552. The van der Waals surface area contributed by atoms with Crippen LogP contribution in [0.1, 0.15) is 67.7 Å². The molecule has 6 nitrogen and oxygen atoms in total. The van der Waals surface area contributed by atoms with Crippen molar-refractivity contribution in [3.05, 3.63) is 64.7 Å². The van der Waals surface area contributed by atoms with Gasteiger partial charge in [-0.05, 0) is 74.1 Å². The molecule has 1 heterocycles. The largest absolute Gasteiger partial charge is 0.489 e. The zero-order valence-electron chi connectivity index (χ0n) is 19.0. The first-order valence-corrected chi connectivity index (χ1v) is 10.7. The molecule has 0 unspecified atom stereocenters. The Morgan fingerprint density at radius 3 is 2.55 bits per heavy atom. The number of nitrogens with two attached hydrogens (primary N) is 1. The maximum Gasteiger partial charge on any atom is 0.410 e. The predicted molar refractivity (Wildman–Crippen MR) is 120 cm³/mol. The van der Waals surface area contributed by atoms with E-state index in [4.69, 9.17) is 15.2 Å². The summed E-state index contributed by atoms with van der Waals surface area (Å²) in [6.45, 7) is 10.8. The molecule has 1 atom stereocenters. The van der Waals surface area contributed by atoms with Gasteiger partial charge in [-0.2, -0.15) is 0 Å². The Bertz CT molecular complexity index is 962. The molecule has 0 radical (unpaired) electrons. The van der Waals surface area contributed by atoms with E-state index in [1.165, 1.54) is 5.56 Å². The minimum Gasteiger partial charge on any atom is -0.489 e. The highest BCUT2D eigenvalue weighted by molar-refractivity contribution is 5.92. The molecule has 0 bridgehead atoms. The number of amides is 2. The minimum atomic E-state index is -0.525. The fraction of sp³-hybridized carbons (Fsp3) is 0.440. The number of carbonyl (C=O) groups excluding carboxylic acids is 2. The van der Waals surface area contributed by atoms with Crippen LogP contribution in [0.5, 0.6) is 5.75 Å². The lowest BCUT2D eigenvalue weighted by atomic mass is 9.86. The molecule has 1 aliphatic heterocycles. The van der Waals surface area contributed by atoms with E-state index in [1.807, 2.05) is 43.9 Å². The summed E-state index contributed by atoms with van der Waals surface area (Å²) in [5, 5.41) is 0. The Hall–Kier alpha value is -3.02. The molecule has 0 aromatic heterocycles. The number of fused-ring (bicyclic) bond motifs is 1. The van der Waals surface area contributed by atoms with Gasteiger partial charge in [0.1, 0.15) is 18.0 Å². The number of nitrogens with zero attached hydrogens (tertiary/aromatic N) is 1. The zero-order chi connectivity index (χ0) is 22.8. The lowest BCUT2D eigenvalue weighted by molar-refractivity contribution is 0.00876. The van der Waals surface area contributed by atoms with Gasteiger partial charge >= 0.3 is 6.09 Å². The van der Waals surface area contributed by atoms with Gasteiger partial charge in [0.2, 0.25) is 5.91 Å². The van der Waals surface area contributed by atoms with Crippen LogP contribution in [0.15, 0.2) is 42.5 Å². The Kier molecular flexibility index (Phi) is 6.58. The lowest BCUT2D eigenvalue weighted by Gasteiger charge is -2.40. The molecule has 0 aliphatic carbocycles. The summed E-state index contributed by atoms with van der Waals surface area (Å²) in [7, 11) is 0. The second-order valence-electron chi connectivity index (χ2n) is 9.33. The van der Waals surface area contributed by atoms with Gasteiger partial charge in [-0.1, -0.05) is 32.0 Å². The summed E-state index contributed by atoms with van der Waals surface area (Å²) in [6, 6.07) is 13.1. The molecule has 3 rings (SSSR count). The monoisotopic (exact) mass is 424 g/mol. The Labute approximate surface area is 184 Å². The normalized spacial score (nSPS) is 16.1. The topological polar surface area (TPSA) is 81.9 Å². The quantitative estimate of drug-likeness (QED) is 0.743. The summed E-state index contributed by atoms with van der Waals surface area (Å²) in [4.78, 5) is 26.0. The third-order valence-electron chi connectivity index (χ3n) is 5.27. The molecular weight excluding hydrogens is 392 g/mol. The number of hydrogen-bond donors (Lipinski definition) is 1. The average molecular weight is 425 g/mol. The van der Waals surface area contributed by atoms with Crippen molar-refractivity contribution in [1.29, 1.82) is 0 Å². The molecule has 31 heavy (non-hydrogen) atoms. The maximum atomic E-state index is 12.8. The van der Waals surface area contributed by atoms with Crippen molar-refractivity contribution in [3.8, 4) is 5.75 Å². The van der Waals surface area contributed by atoms with Gasteiger partial charge < -0.3 is 20.1 Å². The van der Waals surface area contributed by atoms with E-state index in [-0.39, 0.29) is 18.1 Å². The number of ether oxygens (including phenoxy) is 2. The minimum absolute atomic E-state index is 0.0418. The zero-order valence-corrected chi connectivity index (χ0v) is 19.0. The van der Waals surface area contributed by atoms with Crippen molar-refractivity contribution in [1.82, 2.24) is 4.90 Å². The second-order valence-corrected chi connectivity index (χ2v) is 9.33. The average Bonchev–Trinajstić information content (AvgIpc) is 2.69. The van der Waals surface area contributed by atoms with Crippen molar-refractivity contribution < 1.29 is 19.1 Å². The molecule has 6 heteroatoms. The second kappa shape index (κ2) is 9.00. The first-order chi connectivity index (χ1) is 14.5. The van der Waals surface area contributed by atoms with Crippen molar-refractivity contribution >= 4 is 12.0 Å². The predicted octanol–water partition coefficient (Wildman–Crippen LogP) is 4.85. The summed E-state index contributed by atoms with van der Waals surface area (Å²) >= 11 is 0. The van der Waals surface area contributed by atoms with Crippen LogP contribution in [0.4, 0.5) is 4.79 Å².